The van der Waals surface area contributed by atoms with E-state index in [2.05, 4.69) is 15.9 Å². The summed E-state index contributed by atoms with van der Waals surface area (Å²) in [6.07, 6.45) is -2.19. The summed E-state index contributed by atoms with van der Waals surface area (Å²) in [6.45, 7) is 1.63. The van der Waals surface area contributed by atoms with Gasteiger partial charge in [-0.25, -0.2) is 0 Å². The van der Waals surface area contributed by atoms with Crippen molar-refractivity contribution in [3.05, 3.63) is 38.6 Å². The predicted molar refractivity (Wildman–Crippen MR) is 110 cm³/mol. The number of amides is 1. The fraction of sp³-hybridized carbons (Fsp3) is 0.350. The lowest BCUT2D eigenvalue weighted by atomic mass is 9.55. The zero-order valence-electron chi connectivity index (χ0n) is 16.1. The van der Waals surface area contributed by atoms with Gasteiger partial charge in [0.25, 0.3) is 5.91 Å². The Morgan fingerprint density at radius 1 is 1.26 bits per heavy atom. The summed E-state index contributed by atoms with van der Waals surface area (Å²) >= 11 is 3.21. The Bertz CT molecular complexity index is 1160. The summed E-state index contributed by atoms with van der Waals surface area (Å²) in [5.41, 5.74) is 6.84. The Morgan fingerprint density at radius 2 is 1.87 bits per heavy atom. The molecule has 5 atom stereocenters. The maximum absolute atomic E-state index is 13.4. The van der Waals surface area contributed by atoms with Gasteiger partial charge in [-0.1, -0.05) is 6.92 Å². The predicted octanol–water partition coefficient (Wildman–Crippen LogP) is 0.300. The first-order valence-electron chi connectivity index (χ1n) is 9.31. The van der Waals surface area contributed by atoms with Gasteiger partial charge in [0.15, 0.2) is 17.1 Å². The van der Waals surface area contributed by atoms with Crippen molar-refractivity contribution in [2.45, 2.75) is 31.0 Å². The number of carbonyl (C=O) groups excluding carboxylic acids is 3. The van der Waals surface area contributed by atoms with Gasteiger partial charge in [0.2, 0.25) is 5.78 Å². The Morgan fingerprint density at radius 3 is 2.45 bits per heavy atom. The Hall–Kier alpha value is -2.89. The lowest BCUT2D eigenvalue weighted by Gasteiger charge is -2.50. The highest BCUT2D eigenvalue weighted by molar-refractivity contribution is 9.10. The van der Waals surface area contributed by atoms with Gasteiger partial charge >= 0.3 is 0 Å². The Kier molecular flexibility index (Phi) is 4.51. The Labute approximate surface area is 183 Å². The number of carbonyl (C=O) groups is 3. The molecule has 0 heterocycles. The molecule has 164 valence electrons. The van der Waals surface area contributed by atoms with Gasteiger partial charge in [0.1, 0.15) is 17.1 Å². The molecule has 3 aliphatic rings. The molecule has 0 aliphatic heterocycles. The highest BCUT2D eigenvalue weighted by Crippen LogP contribution is 2.56. The van der Waals surface area contributed by atoms with Crippen molar-refractivity contribution in [2.75, 3.05) is 5.73 Å². The number of hydrogen-bond acceptors (Lipinski definition) is 9. The molecular weight excluding hydrogens is 476 g/mol. The average molecular weight is 495 g/mol. The van der Waals surface area contributed by atoms with Crippen molar-refractivity contribution in [3.8, 4) is 5.75 Å². The van der Waals surface area contributed by atoms with Crippen molar-refractivity contribution in [1.82, 2.24) is 0 Å². The molecule has 0 spiro atoms. The zero-order chi connectivity index (χ0) is 23.2. The number of nitrogens with two attached hydrogens (primary N) is 2. The smallest absolute Gasteiger partial charge is 0.255 e. The highest BCUT2D eigenvalue weighted by Gasteiger charge is 2.64. The summed E-state index contributed by atoms with van der Waals surface area (Å²) in [7, 11) is 0. The summed E-state index contributed by atoms with van der Waals surface area (Å²) in [6, 6.07) is 1.54. The number of phenols is 1. The van der Waals surface area contributed by atoms with E-state index in [1.54, 1.807) is 6.92 Å². The molecule has 11 heteroatoms. The van der Waals surface area contributed by atoms with Gasteiger partial charge in [-0.05, 0) is 33.5 Å². The summed E-state index contributed by atoms with van der Waals surface area (Å²) in [4.78, 5) is 37.4. The van der Waals surface area contributed by atoms with Gasteiger partial charge < -0.3 is 37.0 Å². The van der Waals surface area contributed by atoms with Crippen LogP contribution in [-0.4, -0.2) is 54.7 Å². The van der Waals surface area contributed by atoms with Gasteiger partial charge in [-0.3, -0.25) is 14.4 Å². The lowest BCUT2D eigenvalue weighted by Crippen LogP contribution is -2.63. The number of aliphatic hydroxyl groups excluding tert-OH is 3. The monoisotopic (exact) mass is 494 g/mol. The molecule has 0 saturated heterocycles. The molecule has 0 aromatic heterocycles. The van der Waals surface area contributed by atoms with Crippen LogP contribution < -0.4 is 11.5 Å². The fourth-order valence-corrected chi connectivity index (χ4v) is 5.48. The molecule has 1 amide bonds. The van der Waals surface area contributed by atoms with E-state index >= 15 is 0 Å². The first kappa shape index (κ1) is 21.3. The lowest BCUT2D eigenvalue weighted by molar-refractivity contribution is -0.160. The van der Waals surface area contributed by atoms with Crippen molar-refractivity contribution < 1.29 is 39.9 Å². The molecule has 1 aromatic rings. The SMILES string of the molecule is C[C@H]1c2cc(Br)c(N)c(O)c2C(O)=C2C(=O)[C@]3(O)C(O)=C(C(N)=O)C(=O)C[C@@H]3[C@@H](O)[C@@H]21. The van der Waals surface area contributed by atoms with Gasteiger partial charge in [-0.15, -0.1) is 0 Å². The van der Waals surface area contributed by atoms with Crippen molar-refractivity contribution in [2.24, 2.45) is 17.6 Å². The van der Waals surface area contributed by atoms with E-state index in [0.29, 0.717) is 10.0 Å². The number of primary amides is 1. The van der Waals surface area contributed by atoms with Crippen LogP contribution in [0.1, 0.15) is 30.4 Å². The van der Waals surface area contributed by atoms with E-state index in [-0.39, 0.29) is 11.3 Å². The number of Topliss-reactive ketones (excluding diaryl/α,β-unsaturated/α-hetero) is 2. The molecular formula is C20H19BrN2O8. The van der Waals surface area contributed by atoms with Gasteiger partial charge in [-0.2, -0.15) is 0 Å². The molecule has 9 N–H and O–H groups in total. The molecule has 0 radical (unpaired) electrons. The van der Waals surface area contributed by atoms with E-state index in [9.17, 15) is 39.9 Å². The van der Waals surface area contributed by atoms with Crippen LogP contribution in [0.15, 0.2) is 27.4 Å². The maximum atomic E-state index is 13.4. The standard InChI is InChI=1S/C20H19BrN2O8/c1-4-5-2-7(21)13(22)16(27)10(5)15(26)12-9(4)14(25)6-3-8(24)11(19(23)30)17(28)20(6,31)18(12)29/h2,4,6,9,14,25-28,31H,3,22H2,1H3,(H2,23,30)/t4-,6+,9+,14+,20+/m0/s1. The molecule has 31 heavy (non-hydrogen) atoms. The second-order valence-electron chi connectivity index (χ2n) is 8.07. The normalized spacial score (nSPS) is 32.5. The van der Waals surface area contributed by atoms with Crippen LogP contribution in [0.25, 0.3) is 5.76 Å². The third-order valence-electron chi connectivity index (χ3n) is 6.61. The van der Waals surface area contributed by atoms with Crippen LogP contribution >= 0.6 is 15.9 Å². The Balaban J connectivity index is 2.04. The third kappa shape index (κ3) is 2.47. The zero-order valence-corrected chi connectivity index (χ0v) is 17.7. The van der Waals surface area contributed by atoms with Crippen LogP contribution in [-0.2, 0) is 14.4 Å². The minimum Gasteiger partial charge on any atom is -0.508 e. The second-order valence-corrected chi connectivity index (χ2v) is 8.92. The molecule has 0 bridgehead atoms. The number of aromatic hydroxyl groups is 1. The van der Waals surface area contributed by atoms with E-state index in [0.717, 1.165) is 0 Å². The van der Waals surface area contributed by atoms with Crippen LogP contribution in [0.2, 0.25) is 0 Å². The van der Waals surface area contributed by atoms with E-state index in [1.165, 1.54) is 6.07 Å². The van der Waals surface area contributed by atoms with Gasteiger partial charge in [0, 0.05) is 28.3 Å². The number of hydrogen-bond donors (Lipinski definition) is 7. The first-order chi connectivity index (χ1) is 14.3. The largest absolute Gasteiger partial charge is 0.508 e. The third-order valence-corrected chi connectivity index (χ3v) is 7.27. The number of rotatable bonds is 1. The number of aliphatic hydroxyl groups is 4. The number of benzene rings is 1. The average Bonchev–Trinajstić information content (AvgIpc) is 2.69. The molecule has 10 nitrogen and oxygen atoms in total. The number of anilines is 1. The first-order valence-corrected chi connectivity index (χ1v) is 10.1. The molecule has 1 aromatic carbocycles. The summed E-state index contributed by atoms with van der Waals surface area (Å²) in [5, 5.41) is 54.2. The molecule has 3 aliphatic carbocycles. The van der Waals surface area contributed by atoms with Crippen LogP contribution in [0.3, 0.4) is 0 Å². The van der Waals surface area contributed by atoms with Gasteiger partial charge in [0.05, 0.1) is 17.4 Å². The van der Waals surface area contributed by atoms with Crippen molar-refractivity contribution in [3.63, 3.8) is 0 Å². The number of phenolic OH excluding ortho intramolecular Hbond substituents is 1. The van der Waals surface area contributed by atoms with Crippen LogP contribution in [0, 0.1) is 11.8 Å². The quantitative estimate of drug-likeness (QED) is 0.162. The number of ketones is 2. The number of nitrogen functional groups attached to an aromatic ring is 1. The fourth-order valence-electron chi connectivity index (χ4n) is 5.04. The maximum Gasteiger partial charge on any atom is 0.255 e. The van der Waals surface area contributed by atoms with Crippen LogP contribution in [0.5, 0.6) is 5.75 Å². The number of fused-ring (bicyclic) bond motifs is 3. The van der Waals surface area contributed by atoms with E-state index in [4.69, 9.17) is 11.5 Å². The number of halogens is 1. The van der Waals surface area contributed by atoms with E-state index in [1.807, 2.05) is 0 Å². The molecule has 4 rings (SSSR count). The topological polar surface area (TPSA) is 204 Å². The molecule has 1 saturated carbocycles. The minimum atomic E-state index is -2.86. The second kappa shape index (κ2) is 6.55. The highest BCUT2D eigenvalue weighted by atomic mass is 79.9. The van der Waals surface area contributed by atoms with Crippen molar-refractivity contribution in [1.29, 1.82) is 0 Å². The van der Waals surface area contributed by atoms with Crippen LogP contribution in [0.4, 0.5) is 5.69 Å². The minimum absolute atomic E-state index is 0.0982. The molecule has 0 unspecified atom stereocenters. The van der Waals surface area contributed by atoms with Crippen molar-refractivity contribution >= 4 is 44.9 Å². The summed E-state index contributed by atoms with van der Waals surface area (Å²) in [5.74, 6) is -9.17. The van der Waals surface area contributed by atoms with E-state index < -0.39 is 81.8 Å². The molecule has 1 fully saturated rings. The summed E-state index contributed by atoms with van der Waals surface area (Å²) < 4.78 is 0.333.